The Hall–Kier alpha value is -3.33. The predicted molar refractivity (Wildman–Crippen MR) is 350 cm³/mol. The first-order valence-electron chi connectivity index (χ1n) is 33.2. The maximum atomic E-state index is 13.6. The minimum absolute atomic E-state index is 0.0272. The van der Waals surface area contributed by atoms with Crippen LogP contribution < -0.4 is 5.32 Å². The molecule has 0 spiro atoms. The van der Waals surface area contributed by atoms with Gasteiger partial charge in [-0.25, -0.2) is 4.57 Å². The Morgan fingerprint density at radius 1 is 0.432 bits per heavy atom. The highest BCUT2D eigenvalue weighted by molar-refractivity contribution is 7.47. The summed E-state index contributed by atoms with van der Waals surface area (Å²) in [5.41, 5.74) is 0. The monoisotopic (exact) mass is 1150 g/mol. The van der Waals surface area contributed by atoms with Crippen LogP contribution in [0, 0.1) is 0 Å². The van der Waals surface area contributed by atoms with Crippen LogP contribution in [0.1, 0.15) is 278 Å². The van der Waals surface area contributed by atoms with Crippen LogP contribution in [0.4, 0.5) is 0 Å². The average molecular weight is 1150 g/mol. The van der Waals surface area contributed by atoms with Gasteiger partial charge in [-0.15, -0.1) is 0 Å². The van der Waals surface area contributed by atoms with Crippen LogP contribution in [0.25, 0.3) is 0 Å². The van der Waals surface area contributed by atoms with E-state index in [0.29, 0.717) is 23.9 Å². The maximum Gasteiger partial charge on any atom is 0.472 e. The van der Waals surface area contributed by atoms with Gasteiger partial charge >= 0.3 is 13.8 Å². The number of likely N-dealkylation sites (N-methyl/N-ethyl adjacent to an activating group) is 1. The number of nitrogens with one attached hydrogen (secondary N) is 1. The molecule has 0 heterocycles. The number of phosphoric acid groups is 1. The molecular weight excluding hydrogens is 1020 g/mol. The summed E-state index contributed by atoms with van der Waals surface area (Å²) in [4.78, 5) is 37.8. The number of unbranched alkanes of at least 4 members (excludes halogenated alkanes) is 27. The molecule has 0 aromatic carbocycles. The number of hydrogen-bond donors (Lipinski definition) is 2. The summed E-state index contributed by atoms with van der Waals surface area (Å²) >= 11 is 0. The normalized spacial score (nSPS) is 14.3. The lowest BCUT2D eigenvalue weighted by Gasteiger charge is -2.27. The van der Waals surface area contributed by atoms with E-state index in [4.69, 9.17) is 13.8 Å². The van der Waals surface area contributed by atoms with Gasteiger partial charge in [0.25, 0.3) is 0 Å². The molecule has 2 N–H and O–H groups in total. The number of rotatable bonds is 59. The minimum atomic E-state index is -4.47. The number of esters is 1. The van der Waals surface area contributed by atoms with Crippen LogP contribution in [0.15, 0.2) is 109 Å². The summed E-state index contributed by atoms with van der Waals surface area (Å²) in [6, 6.07) is -0.875. The molecule has 0 fully saturated rings. The molecule has 10 heteroatoms. The molecule has 0 saturated carbocycles. The predicted octanol–water partition coefficient (Wildman–Crippen LogP) is 20.9. The zero-order chi connectivity index (χ0) is 59.3. The Balaban J connectivity index is 5.30. The van der Waals surface area contributed by atoms with Crippen molar-refractivity contribution >= 4 is 19.7 Å². The van der Waals surface area contributed by atoms with Gasteiger partial charge in [-0.1, -0.05) is 252 Å². The molecule has 3 atom stereocenters. The number of amides is 1. The summed E-state index contributed by atoms with van der Waals surface area (Å²) in [6.07, 6.45) is 82.2. The molecule has 0 radical (unpaired) electrons. The van der Waals surface area contributed by atoms with Crippen LogP contribution in [0.3, 0.4) is 0 Å². The quantitative estimate of drug-likeness (QED) is 0.0205. The highest BCUT2D eigenvalue weighted by Crippen LogP contribution is 2.43. The second-order valence-corrected chi connectivity index (χ2v) is 24.7. The molecule has 1 amide bonds. The summed E-state index contributed by atoms with van der Waals surface area (Å²) in [6.45, 7) is 6.93. The van der Waals surface area contributed by atoms with Gasteiger partial charge in [0, 0.05) is 12.8 Å². The molecule has 0 bridgehead atoms. The first kappa shape index (κ1) is 77.7. The van der Waals surface area contributed by atoms with Gasteiger partial charge in [0.15, 0.2) is 0 Å². The van der Waals surface area contributed by atoms with Crippen molar-refractivity contribution in [3.63, 3.8) is 0 Å². The number of hydrogen-bond acceptors (Lipinski definition) is 6. The number of quaternary nitrogens is 1. The fourth-order valence-electron chi connectivity index (χ4n) is 9.02. The molecule has 0 aliphatic heterocycles. The second kappa shape index (κ2) is 59.8. The Morgan fingerprint density at radius 3 is 1.16 bits per heavy atom. The third-order valence-electron chi connectivity index (χ3n) is 14.2. The number of carbonyl (C=O) groups excluding carboxylic acids is 2. The second-order valence-electron chi connectivity index (χ2n) is 23.3. The average Bonchev–Trinajstić information content (AvgIpc) is 3.44. The fraction of sp³-hybridized carbons (Fsp3) is 0.718. The SMILES string of the molecule is CCCCC/C=C\C/C=C\C/C=C\C/C=C\CCCCCCCCCC(=O)NC(COP(=O)(O)OCC[N+](C)(C)C)C(/C=C\CCCCCCCCCCCCC)OC(=O)CCCCC/C=C\C/C=C\C/C=C\C/C=C\CCCCC. The van der Waals surface area contributed by atoms with E-state index in [1.165, 1.54) is 128 Å². The third kappa shape index (κ3) is 61.1. The Morgan fingerprint density at radius 2 is 0.753 bits per heavy atom. The van der Waals surface area contributed by atoms with Crippen LogP contribution in [0.5, 0.6) is 0 Å². The summed E-state index contributed by atoms with van der Waals surface area (Å²) < 4.78 is 30.7. The number of allylic oxidation sites excluding steroid dienone is 17. The van der Waals surface area contributed by atoms with E-state index in [0.717, 1.165) is 109 Å². The maximum absolute atomic E-state index is 13.6. The van der Waals surface area contributed by atoms with Gasteiger partial charge in [-0.2, -0.15) is 0 Å². The highest BCUT2D eigenvalue weighted by Gasteiger charge is 2.30. The molecule has 0 rings (SSSR count). The van der Waals surface area contributed by atoms with Crippen molar-refractivity contribution in [2.75, 3.05) is 40.9 Å². The zero-order valence-electron chi connectivity index (χ0n) is 53.2. The number of carbonyl (C=O) groups is 2. The topological polar surface area (TPSA) is 111 Å². The molecule has 9 nitrogen and oxygen atoms in total. The molecule has 3 unspecified atom stereocenters. The van der Waals surface area contributed by atoms with Crippen molar-refractivity contribution in [3.05, 3.63) is 109 Å². The largest absolute Gasteiger partial charge is 0.472 e. The number of phosphoric ester groups is 1. The lowest BCUT2D eigenvalue weighted by atomic mass is 10.0. The standard InChI is InChI=1S/C71H125N2O7P/c1-7-10-13-16-19-22-25-28-30-32-34-35-36-37-39-40-42-45-48-51-54-57-60-63-70(74)72-68(67-79-81(76,77)78-66-65-73(4,5)6)69(62-59-56-53-50-47-44-27-24-21-18-15-12-9-3)80-71(75)64-61-58-55-52-49-46-43-41-38-33-31-29-26-23-20-17-14-11-8-2/h19-20,22-23,28-31,34-35,37-39,41,46,49,59,62,68-69H,7-18,21,24-27,32-33,36,40,42-45,47-48,50-58,60-61,63-67H2,1-6H3,(H-,72,74,76,77)/p+1/b22-19-,23-20-,30-28-,31-29-,35-34-,39-37-,41-38-,49-46-,62-59-. The molecule has 0 aromatic heterocycles. The van der Waals surface area contributed by atoms with E-state index in [-0.39, 0.29) is 31.5 Å². The lowest BCUT2D eigenvalue weighted by Crippen LogP contribution is -2.47. The molecule has 466 valence electrons. The van der Waals surface area contributed by atoms with E-state index in [1.54, 1.807) is 0 Å². The number of ether oxygens (including phenoxy) is 1. The van der Waals surface area contributed by atoms with Crippen molar-refractivity contribution in [2.45, 2.75) is 290 Å². The van der Waals surface area contributed by atoms with Crippen molar-refractivity contribution in [1.29, 1.82) is 0 Å². The molecular formula is C71H126N2O7P+. The van der Waals surface area contributed by atoms with Gasteiger partial charge in [0.1, 0.15) is 19.3 Å². The Kier molecular flexibility index (Phi) is 57.4. The minimum Gasteiger partial charge on any atom is -0.456 e. The third-order valence-corrected chi connectivity index (χ3v) is 15.2. The van der Waals surface area contributed by atoms with E-state index in [9.17, 15) is 19.0 Å². The first-order chi connectivity index (χ1) is 39.4. The summed E-state index contributed by atoms with van der Waals surface area (Å²) in [5.74, 6) is -0.556. The van der Waals surface area contributed by atoms with Crippen molar-refractivity contribution < 1.29 is 37.3 Å². The van der Waals surface area contributed by atoms with Crippen LogP contribution >= 0.6 is 7.82 Å². The van der Waals surface area contributed by atoms with E-state index < -0.39 is 20.0 Å². The van der Waals surface area contributed by atoms with E-state index in [2.05, 4.69) is 123 Å². The van der Waals surface area contributed by atoms with Crippen LogP contribution in [0.2, 0.25) is 0 Å². The van der Waals surface area contributed by atoms with Crippen molar-refractivity contribution in [3.8, 4) is 0 Å². The van der Waals surface area contributed by atoms with Gasteiger partial charge in [0.05, 0.1) is 33.8 Å². The van der Waals surface area contributed by atoms with Crippen molar-refractivity contribution in [1.82, 2.24) is 5.32 Å². The highest BCUT2D eigenvalue weighted by atomic mass is 31.2. The number of nitrogens with zero attached hydrogens (tertiary/aromatic N) is 1. The molecule has 0 aliphatic carbocycles. The first-order valence-corrected chi connectivity index (χ1v) is 34.7. The van der Waals surface area contributed by atoms with Crippen molar-refractivity contribution in [2.24, 2.45) is 0 Å². The van der Waals surface area contributed by atoms with Gasteiger partial charge in [0.2, 0.25) is 5.91 Å². The summed E-state index contributed by atoms with van der Waals surface area (Å²) in [7, 11) is 1.46. The van der Waals surface area contributed by atoms with E-state index in [1.807, 2.05) is 33.3 Å². The Bertz CT molecular complexity index is 1750. The molecule has 0 aliphatic rings. The lowest BCUT2D eigenvalue weighted by molar-refractivity contribution is -0.870. The molecule has 0 aromatic rings. The van der Waals surface area contributed by atoms with Crippen LogP contribution in [-0.2, 0) is 27.9 Å². The van der Waals surface area contributed by atoms with Gasteiger partial charge in [-0.05, 0) is 122 Å². The van der Waals surface area contributed by atoms with Gasteiger partial charge < -0.3 is 19.4 Å². The zero-order valence-corrected chi connectivity index (χ0v) is 54.1. The van der Waals surface area contributed by atoms with Crippen LogP contribution in [-0.4, -0.2) is 74.3 Å². The molecule has 0 saturated heterocycles. The Labute approximate surface area is 500 Å². The smallest absolute Gasteiger partial charge is 0.456 e. The fourth-order valence-corrected chi connectivity index (χ4v) is 9.76. The molecule has 81 heavy (non-hydrogen) atoms. The summed E-state index contributed by atoms with van der Waals surface area (Å²) in [5, 5.41) is 3.05. The van der Waals surface area contributed by atoms with E-state index >= 15 is 0 Å². The van der Waals surface area contributed by atoms with Gasteiger partial charge in [-0.3, -0.25) is 18.6 Å².